The van der Waals surface area contributed by atoms with Gasteiger partial charge in [0.05, 0.1) is 5.41 Å². The van der Waals surface area contributed by atoms with Crippen LogP contribution in [-0.4, -0.2) is 0 Å². The van der Waals surface area contributed by atoms with Gasteiger partial charge in [0.25, 0.3) is 0 Å². The van der Waals surface area contributed by atoms with E-state index in [0.717, 1.165) is 10.4 Å². The molecule has 2 aliphatic rings. The van der Waals surface area contributed by atoms with E-state index in [9.17, 15) is 0 Å². The Kier molecular flexibility index (Phi) is 3.08. The van der Waals surface area contributed by atoms with Gasteiger partial charge in [0.2, 0.25) is 0 Å². The average Bonchev–Trinajstić information content (AvgIpc) is 3.27. The van der Waals surface area contributed by atoms with Gasteiger partial charge in [-0.2, -0.15) is 0 Å². The zero-order valence-corrected chi connectivity index (χ0v) is 16.9. The Hall–Kier alpha value is -3.35. The molecule has 0 fully saturated rings. The molecule has 1 heteroatoms. The standard InChI is InChI=1S/C29H17Cl/c30-27-15-7-11-21-20(27)16-17-26-28(21)22-10-3-6-14-25(22)29(26)23-12-4-1-8-18(23)19-9-2-5-13-24(19)29/h1-17H. The van der Waals surface area contributed by atoms with Gasteiger partial charge in [-0.1, -0.05) is 109 Å². The van der Waals surface area contributed by atoms with Crippen LogP contribution >= 0.6 is 11.6 Å². The molecule has 2 aliphatic carbocycles. The third-order valence-corrected chi connectivity index (χ3v) is 7.29. The molecule has 7 rings (SSSR count). The minimum absolute atomic E-state index is 0.282. The third kappa shape index (κ3) is 1.75. The van der Waals surface area contributed by atoms with E-state index in [4.69, 9.17) is 11.6 Å². The lowest BCUT2D eigenvalue weighted by atomic mass is 9.70. The molecule has 0 unspecified atom stereocenters. The van der Waals surface area contributed by atoms with Gasteiger partial charge in [-0.25, -0.2) is 0 Å². The van der Waals surface area contributed by atoms with Gasteiger partial charge in [-0.05, 0) is 56.0 Å². The van der Waals surface area contributed by atoms with Gasteiger partial charge in [0.15, 0.2) is 0 Å². The van der Waals surface area contributed by atoms with Crippen LogP contribution in [0.25, 0.3) is 33.0 Å². The molecule has 140 valence electrons. The number of halogens is 1. The summed E-state index contributed by atoms with van der Waals surface area (Å²) in [6.07, 6.45) is 0. The van der Waals surface area contributed by atoms with E-state index in [-0.39, 0.29) is 5.41 Å². The number of fused-ring (bicyclic) bond motifs is 12. The molecule has 0 N–H and O–H groups in total. The summed E-state index contributed by atoms with van der Waals surface area (Å²) in [5, 5.41) is 3.15. The number of rotatable bonds is 0. The van der Waals surface area contributed by atoms with E-state index in [1.807, 2.05) is 6.07 Å². The maximum atomic E-state index is 6.60. The Morgan fingerprint density at radius 3 is 1.67 bits per heavy atom. The van der Waals surface area contributed by atoms with Gasteiger partial charge >= 0.3 is 0 Å². The number of hydrogen-bond acceptors (Lipinski definition) is 0. The van der Waals surface area contributed by atoms with E-state index < -0.39 is 0 Å². The van der Waals surface area contributed by atoms with Crippen LogP contribution in [0.4, 0.5) is 0 Å². The topological polar surface area (TPSA) is 0 Å². The Morgan fingerprint density at radius 2 is 1.00 bits per heavy atom. The first-order valence-corrected chi connectivity index (χ1v) is 10.7. The predicted molar refractivity (Wildman–Crippen MR) is 125 cm³/mol. The first-order chi connectivity index (χ1) is 14.8. The normalized spacial score (nSPS) is 14.4. The van der Waals surface area contributed by atoms with E-state index in [0.29, 0.717) is 0 Å². The summed E-state index contributed by atoms with van der Waals surface area (Å²) < 4.78 is 0. The molecule has 30 heavy (non-hydrogen) atoms. The molecule has 0 atom stereocenters. The lowest BCUT2D eigenvalue weighted by molar-refractivity contribution is 0.794. The highest BCUT2D eigenvalue weighted by molar-refractivity contribution is 6.36. The van der Waals surface area contributed by atoms with E-state index in [1.165, 1.54) is 49.9 Å². The first-order valence-electron chi connectivity index (χ1n) is 10.3. The molecule has 5 aromatic carbocycles. The van der Waals surface area contributed by atoms with Crippen LogP contribution in [-0.2, 0) is 5.41 Å². The highest BCUT2D eigenvalue weighted by Gasteiger charge is 2.51. The van der Waals surface area contributed by atoms with Crippen LogP contribution in [0.1, 0.15) is 22.3 Å². The second kappa shape index (κ2) is 5.62. The minimum atomic E-state index is -0.282. The van der Waals surface area contributed by atoms with Gasteiger partial charge in [-0.15, -0.1) is 0 Å². The van der Waals surface area contributed by atoms with Crippen molar-refractivity contribution in [2.24, 2.45) is 0 Å². The van der Waals surface area contributed by atoms with Crippen molar-refractivity contribution < 1.29 is 0 Å². The molecule has 0 heterocycles. The monoisotopic (exact) mass is 400 g/mol. The molecule has 0 saturated carbocycles. The van der Waals surface area contributed by atoms with E-state index in [1.54, 1.807) is 0 Å². The van der Waals surface area contributed by atoms with Gasteiger partial charge in [-0.3, -0.25) is 0 Å². The van der Waals surface area contributed by atoms with Crippen LogP contribution in [0.5, 0.6) is 0 Å². The summed E-state index contributed by atoms with van der Waals surface area (Å²) in [6, 6.07) is 37.5. The van der Waals surface area contributed by atoms with Crippen LogP contribution in [0, 0.1) is 0 Å². The quantitative estimate of drug-likeness (QED) is 0.243. The van der Waals surface area contributed by atoms with Crippen molar-refractivity contribution in [3.8, 4) is 22.3 Å². The van der Waals surface area contributed by atoms with Crippen molar-refractivity contribution in [1.82, 2.24) is 0 Å². The van der Waals surface area contributed by atoms with Gasteiger partial charge in [0, 0.05) is 10.4 Å². The summed E-state index contributed by atoms with van der Waals surface area (Å²) in [6.45, 7) is 0. The molecule has 0 bridgehead atoms. The average molecular weight is 401 g/mol. The third-order valence-electron chi connectivity index (χ3n) is 6.96. The molecular weight excluding hydrogens is 384 g/mol. The van der Waals surface area contributed by atoms with Gasteiger partial charge in [0.1, 0.15) is 0 Å². The van der Waals surface area contributed by atoms with Crippen LogP contribution in [0.2, 0.25) is 5.02 Å². The largest absolute Gasteiger partial charge is 0.0837 e. The van der Waals surface area contributed by atoms with Crippen molar-refractivity contribution in [2.75, 3.05) is 0 Å². The highest BCUT2D eigenvalue weighted by atomic mass is 35.5. The molecule has 0 saturated heterocycles. The smallest absolute Gasteiger partial charge is 0.0725 e. The summed E-state index contributed by atoms with van der Waals surface area (Å²) in [5.74, 6) is 0. The second-order valence-corrected chi connectivity index (χ2v) is 8.62. The fourth-order valence-electron chi connectivity index (χ4n) is 5.91. The van der Waals surface area contributed by atoms with Crippen molar-refractivity contribution >= 4 is 22.4 Å². The second-order valence-electron chi connectivity index (χ2n) is 8.21. The van der Waals surface area contributed by atoms with E-state index >= 15 is 0 Å². The fraction of sp³-hybridized carbons (Fsp3) is 0.0345. The van der Waals surface area contributed by atoms with Crippen molar-refractivity contribution in [2.45, 2.75) is 5.41 Å². The molecule has 1 spiro atoms. The maximum Gasteiger partial charge on any atom is 0.0725 e. The zero-order chi connectivity index (χ0) is 19.9. The molecule has 0 aromatic heterocycles. The Labute approximate surface area is 180 Å². The lowest BCUT2D eigenvalue weighted by Crippen LogP contribution is -2.25. The molecular formula is C29H17Cl. The summed E-state index contributed by atoms with van der Waals surface area (Å²) in [5.41, 5.74) is 10.5. The summed E-state index contributed by atoms with van der Waals surface area (Å²) in [4.78, 5) is 0. The Morgan fingerprint density at radius 1 is 0.433 bits per heavy atom. The Balaban J connectivity index is 1.75. The predicted octanol–water partition coefficient (Wildman–Crippen LogP) is 7.84. The number of benzene rings is 5. The lowest BCUT2D eigenvalue weighted by Gasteiger charge is -2.30. The fourth-order valence-corrected chi connectivity index (χ4v) is 6.15. The maximum absolute atomic E-state index is 6.60. The van der Waals surface area contributed by atoms with Crippen molar-refractivity contribution in [3.63, 3.8) is 0 Å². The van der Waals surface area contributed by atoms with Crippen molar-refractivity contribution in [1.29, 1.82) is 0 Å². The zero-order valence-electron chi connectivity index (χ0n) is 16.2. The van der Waals surface area contributed by atoms with Crippen molar-refractivity contribution in [3.05, 3.63) is 130 Å². The molecule has 0 nitrogen and oxygen atoms in total. The van der Waals surface area contributed by atoms with Crippen LogP contribution < -0.4 is 0 Å². The van der Waals surface area contributed by atoms with E-state index in [2.05, 4.69) is 97.1 Å². The Bertz CT molecular complexity index is 1460. The SMILES string of the molecule is Clc1cccc2c3c(ccc12)C1(c2ccccc2-c2ccccc21)c1ccccc1-3. The molecule has 0 radical (unpaired) electrons. The first kappa shape index (κ1) is 16.4. The van der Waals surface area contributed by atoms with Gasteiger partial charge < -0.3 is 0 Å². The minimum Gasteiger partial charge on any atom is -0.0837 e. The summed E-state index contributed by atoms with van der Waals surface area (Å²) >= 11 is 6.60. The highest BCUT2D eigenvalue weighted by Crippen LogP contribution is 2.63. The molecule has 5 aromatic rings. The number of hydrogen-bond donors (Lipinski definition) is 0. The van der Waals surface area contributed by atoms with Crippen LogP contribution in [0.3, 0.4) is 0 Å². The van der Waals surface area contributed by atoms with Crippen LogP contribution in [0.15, 0.2) is 103 Å². The summed E-state index contributed by atoms with van der Waals surface area (Å²) in [7, 11) is 0. The molecule has 0 amide bonds. The molecule has 0 aliphatic heterocycles.